The summed E-state index contributed by atoms with van der Waals surface area (Å²) in [6, 6.07) is 12.6. The van der Waals surface area contributed by atoms with Gasteiger partial charge in [0.15, 0.2) is 0 Å². The standard InChI is InChI=1S/C25H20F4N4O4/c26-20-7-1-16(13-21(20)32-9-11-35-12-10-32)14-33-15-18(4-8-22(33)34)24-30-23(31-37-24)17-2-5-19(6-3-17)36-25(27,28)29/h1-8,13,15H,9-12,14H2. The first-order valence-electron chi connectivity index (χ1n) is 11.3. The van der Waals surface area contributed by atoms with Gasteiger partial charge in [0.25, 0.3) is 11.4 Å². The Hall–Kier alpha value is -4.19. The number of ether oxygens (including phenoxy) is 2. The van der Waals surface area contributed by atoms with Crippen LogP contribution in [0.4, 0.5) is 23.2 Å². The Labute approximate surface area is 207 Å². The molecule has 0 spiro atoms. The van der Waals surface area contributed by atoms with Crippen molar-refractivity contribution in [3.63, 3.8) is 0 Å². The molecule has 0 aliphatic carbocycles. The van der Waals surface area contributed by atoms with E-state index < -0.39 is 6.36 Å². The summed E-state index contributed by atoms with van der Waals surface area (Å²) in [5, 5.41) is 3.88. The summed E-state index contributed by atoms with van der Waals surface area (Å²) in [7, 11) is 0. The van der Waals surface area contributed by atoms with E-state index in [9.17, 15) is 22.4 Å². The van der Waals surface area contributed by atoms with Crippen molar-refractivity contribution in [2.45, 2.75) is 12.9 Å². The lowest BCUT2D eigenvalue weighted by atomic mass is 10.1. The van der Waals surface area contributed by atoms with E-state index in [0.717, 1.165) is 17.7 Å². The second kappa shape index (κ2) is 10.1. The highest BCUT2D eigenvalue weighted by atomic mass is 19.4. The van der Waals surface area contributed by atoms with Crippen LogP contribution in [0.3, 0.4) is 0 Å². The molecule has 8 nitrogen and oxygen atoms in total. The van der Waals surface area contributed by atoms with E-state index in [-0.39, 0.29) is 35.4 Å². The van der Waals surface area contributed by atoms with Gasteiger partial charge in [-0.3, -0.25) is 4.79 Å². The number of hydrogen-bond donors (Lipinski definition) is 0. The van der Waals surface area contributed by atoms with Gasteiger partial charge in [0.1, 0.15) is 11.6 Å². The first-order chi connectivity index (χ1) is 17.7. The first-order valence-corrected chi connectivity index (χ1v) is 11.3. The van der Waals surface area contributed by atoms with E-state index >= 15 is 0 Å². The Morgan fingerprint density at radius 3 is 2.43 bits per heavy atom. The second-order valence-electron chi connectivity index (χ2n) is 8.26. The van der Waals surface area contributed by atoms with Crippen LogP contribution in [0.15, 0.2) is 70.1 Å². The maximum Gasteiger partial charge on any atom is 0.573 e. The van der Waals surface area contributed by atoms with Gasteiger partial charge in [-0.2, -0.15) is 4.98 Å². The highest BCUT2D eigenvalue weighted by Crippen LogP contribution is 2.27. The quantitative estimate of drug-likeness (QED) is 0.350. The molecule has 1 saturated heterocycles. The lowest BCUT2D eigenvalue weighted by Gasteiger charge is -2.29. The molecule has 37 heavy (non-hydrogen) atoms. The number of benzene rings is 2. The SMILES string of the molecule is O=c1ccc(-c2nc(-c3ccc(OC(F)(F)F)cc3)no2)cn1Cc1ccc(F)c(N2CCOCC2)c1. The third-order valence-corrected chi connectivity index (χ3v) is 5.72. The van der Waals surface area contributed by atoms with Gasteiger partial charge in [0.2, 0.25) is 5.82 Å². The van der Waals surface area contributed by atoms with E-state index in [2.05, 4.69) is 14.9 Å². The van der Waals surface area contributed by atoms with Crippen molar-refractivity contribution in [1.82, 2.24) is 14.7 Å². The van der Waals surface area contributed by atoms with Gasteiger partial charge in [0.05, 0.1) is 31.0 Å². The molecule has 0 amide bonds. The largest absolute Gasteiger partial charge is 0.573 e. The van der Waals surface area contributed by atoms with Crippen LogP contribution in [0.25, 0.3) is 22.8 Å². The molecule has 0 unspecified atom stereocenters. The molecular weight excluding hydrogens is 496 g/mol. The van der Waals surface area contributed by atoms with Gasteiger partial charge >= 0.3 is 6.36 Å². The summed E-state index contributed by atoms with van der Waals surface area (Å²) < 4.78 is 67.5. The lowest BCUT2D eigenvalue weighted by molar-refractivity contribution is -0.274. The first kappa shape index (κ1) is 24.5. The summed E-state index contributed by atoms with van der Waals surface area (Å²) >= 11 is 0. The maximum absolute atomic E-state index is 14.5. The molecule has 3 heterocycles. The lowest BCUT2D eigenvalue weighted by Crippen LogP contribution is -2.36. The van der Waals surface area contributed by atoms with Crippen molar-refractivity contribution < 1.29 is 31.6 Å². The van der Waals surface area contributed by atoms with Crippen LogP contribution in [0.5, 0.6) is 5.75 Å². The van der Waals surface area contributed by atoms with Crippen LogP contribution in [0, 0.1) is 5.82 Å². The van der Waals surface area contributed by atoms with Gasteiger partial charge < -0.3 is 23.5 Å². The summed E-state index contributed by atoms with van der Waals surface area (Å²) in [5.41, 5.74) is 1.79. The number of alkyl halides is 3. The van der Waals surface area contributed by atoms with Crippen LogP contribution < -0.4 is 15.2 Å². The van der Waals surface area contributed by atoms with Crippen LogP contribution in [0.1, 0.15) is 5.56 Å². The smallest absolute Gasteiger partial charge is 0.406 e. The minimum Gasteiger partial charge on any atom is -0.406 e. The average Bonchev–Trinajstić information content (AvgIpc) is 3.37. The zero-order valence-corrected chi connectivity index (χ0v) is 19.2. The van der Waals surface area contributed by atoms with Crippen LogP contribution >= 0.6 is 0 Å². The van der Waals surface area contributed by atoms with Crippen LogP contribution in [0.2, 0.25) is 0 Å². The molecule has 0 atom stereocenters. The Bertz CT molecular complexity index is 1440. The van der Waals surface area contributed by atoms with E-state index in [0.29, 0.717) is 43.1 Å². The number of pyridine rings is 1. The molecule has 12 heteroatoms. The van der Waals surface area contributed by atoms with Crippen LogP contribution in [-0.4, -0.2) is 47.4 Å². The number of rotatable bonds is 6. The van der Waals surface area contributed by atoms with Crippen molar-refractivity contribution in [2.75, 3.05) is 31.2 Å². The molecule has 1 aliphatic heterocycles. The van der Waals surface area contributed by atoms with Gasteiger partial charge in [-0.1, -0.05) is 11.2 Å². The highest BCUT2D eigenvalue weighted by Gasteiger charge is 2.31. The van der Waals surface area contributed by atoms with Gasteiger partial charge in [0, 0.05) is 30.9 Å². The highest BCUT2D eigenvalue weighted by molar-refractivity contribution is 5.60. The number of anilines is 1. The molecule has 2 aromatic heterocycles. The average molecular weight is 516 g/mol. The Morgan fingerprint density at radius 1 is 0.973 bits per heavy atom. The minimum atomic E-state index is -4.79. The van der Waals surface area contributed by atoms with Gasteiger partial charge in [-0.05, 0) is 48.0 Å². The monoisotopic (exact) mass is 516 g/mol. The number of halogens is 4. The topological polar surface area (TPSA) is 82.6 Å². The third-order valence-electron chi connectivity index (χ3n) is 5.72. The van der Waals surface area contributed by atoms with E-state index in [4.69, 9.17) is 9.26 Å². The molecule has 0 N–H and O–H groups in total. The number of nitrogens with zero attached hydrogens (tertiary/aromatic N) is 4. The molecule has 4 aromatic rings. The second-order valence-corrected chi connectivity index (χ2v) is 8.26. The predicted octanol–water partition coefficient (Wildman–Crippen LogP) is 4.49. The summed E-state index contributed by atoms with van der Waals surface area (Å²) in [4.78, 5) is 18.7. The van der Waals surface area contributed by atoms with Crippen molar-refractivity contribution in [2.24, 2.45) is 0 Å². The molecule has 0 radical (unpaired) electrons. The minimum absolute atomic E-state index is 0.118. The number of aromatic nitrogens is 3. The fraction of sp³-hybridized carbons (Fsp3) is 0.240. The summed E-state index contributed by atoms with van der Waals surface area (Å²) in [6.07, 6.45) is -3.24. The number of morpholine rings is 1. The Morgan fingerprint density at radius 2 is 1.70 bits per heavy atom. The Kier molecular flexibility index (Phi) is 6.66. The van der Waals surface area contributed by atoms with Crippen molar-refractivity contribution in [3.8, 4) is 28.6 Å². The molecule has 1 aliphatic rings. The summed E-state index contributed by atoms with van der Waals surface area (Å²) in [6.45, 7) is 2.37. The molecule has 0 bridgehead atoms. The van der Waals surface area contributed by atoms with Gasteiger partial charge in [-0.25, -0.2) is 4.39 Å². The molecule has 2 aromatic carbocycles. The van der Waals surface area contributed by atoms with Crippen molar-refractivity contribution >= 4 is 5.69 Å². The molecule has 192 valence electrons. The third kappa shape index (κ3) is 5.80. The summed E-state index contributed by atoms with van der Waals surface area (Å²) in [5.74, 6) is -0.444. The predicted molar refractivity (Wildman–Crippen MR) is 125 cm³/mol. The van der Waals surface area contributed by atoms with E-state index in [1.165, 1.54) is 34.9 Å². The molecular formula is C25H20F4N4O4. The van der Waals surface area contributed by atoms with Crippen molar-refractivity contribution in [1.29, 1.82) is 0 Å². The fourth-order valence-corrected chi connectivity index (χ4v) is 3.94. The zero-order valence-electron chi connectivity index (χ0n) is 19.2. The fourth-order valence-electron chi connectivity index (χ4n) is 3.94. The Balaban J connectivity index is 1.36. The van der Waals surface area contributed by atoms with Crippen LogP contribution in [-0.2, 0) is 11.3 Å². The zero-order chi connectivity index (χ0) is 26.0. The number of hydrogen-bond acceptors (Lipinski definition) is 7. The van der Waals surface area contributed by atoms with Crippen molar-refractivity contribution in [3.05, 3.63) is 82.5 Å². The van der Waals surface area contributed by atoms with E-state index in [1.54, 1.807) is 18.3 Å². The van der Waals surface area contributed by atoms with E-state index in [1.807, 2.05) is 4.90 Å². The normalized spacial score (nSPS) is 14.1. The molecule has 1 fully saturated rings. The van der Waals surface area contributed by atoms with Gasteiger partial charge in [-0.15, -0.1) is 13.2 Å². The maximum atomic E-state index is 14.5. The molecule has 0 saturated carbocycles. The molecule has 5 rings (SSSR count).